The van der Waals surface area contributed by atoms with Crippen molar-refractivity contribution in [3.8, 4) is 0 Å². The number of imide groups is 2. The molecule has 0 aromatic rings. The summed E-state index contributed by atoms with van der Waals surface area (Å²) in [6.07, 6.45) is 0.700. The monoisotopic (exact) mass is 253 g/mol. The summed E-state index contributed by atoms with van der Waals surface area (Å²) in [4.78, 5) is 47.6. The molecule has 7 heteroatoms. The molecule has 2 saturated heterocycles. The van der Waals surface area contributed by atoms with Crippen molar-refractivity contribution < 1.29 is 19.2 Å². The molecule has 0 aromatic carbocycles. The maximum absolute atomic E-state index is 12.2. The number of piperidine rings is 1. The fourth-order valence-corrected chi connectivity index (χ4v) is 2.08. The van der Waals surface area contributed by atoms with Crippen molar-refractivity contribution in [1.82, 2.24) is 15.5 Å². The van der Waals surface area contributed by atoms with E-state index in [-0.39, 0.29) is 24.9 Å². The van der Waals surface area contributed by atoms with Crippen LogP contribution in [0.2, 0.25) is 0 Å². The van der Waals surface area contributed by atoms with E-state index in [1.165, 1.54) is 13.8 Å². The minimum absolute atomic E-state index is 0.0912. The van der Waals surface area contributed by atoms with Crippen molar-refractivity contribution in [3.63, 3.8) is 0 Å². The Morgan fingerprint density at radius 1 is 1.22 bits per heavy atom. The predicted octanol–water partition coefficient (Wildman–Crippen LogP) is -0.630. The molecule has 0 bridgehead atoms. The van der Waals surface area contributed by atoms with E-state index in [1.807, 2.05) is 0 Å². The average molecular weight is 253 g/mol. The van der Waals surface area contributed by atoms with Crippen LogP contribution in [0.25, 0.3) is 0 Å². The average Bonchev–Trinajstić information content (AvgIpc) is 2.30. The summed E-state index contributed by atoms with van der Waals surface area (Å²) < 4.78 is 0. The molecule has 2 N–H and O–H groups in total. The summed E-state index contributed by atoms with van der Waals surface area (Å²) in [5.41, 5.74) is -1.25. The van der Waals surface area contributed by atoms with Gasteiger partial charge in [0.25, 0.3) is 0 Å². The van der Waals surface area contributed by atoms with Gasteiger partial charge in [0.15, 0.2) is 0 Å². The largest absolute Gasteiger partial charge is 0.354 e. The van der Waals surface area contributed by atoms with E-state index >= 15 is 0 Å². The van der Waals surface area contributed by atoms with Gasteiger partial charge >= 0.3 is 6.03 Å². The number of amides is 5. The first kappa shape index (κ1) is 12.5. The second-order valence-corrected chi connectivity index (χ2v) is 5.06. The SMILES string of the molecule is CC1(C)C(=O)NC(=O)N(C2CCC(=O)NC2)C1=O. The predicted molar refractivity (Wildman–Crippen MR) is 60.2 cm³/mol. The third-order valence-electron chi connectivity index (χ3n) is 3.37. The van der Waals surface area contributed by atoms with Crippen LogP contribution >= 0.6 is 0 Å². The van der Waals surface area contributed by atoms with E-state index in [0.717, 1.165) is 4.90 Å². The molecule has 2 fully saturated rings. The van der Waals surface area contributed by atoms with Crippen LogP contribution in [-0.2, 0) is 14.4 Å². The zero-order valence-electron chi connectivity index (χ0n) is 10.3. The molecule has 2 aliphatic rings. The van der Waals surface area contributed by atoms with Gasteiger partial charge in [0, 0.05) is 13.0 Å². The summed E-state index contributed by atoms with van der Waals surface area (Å²) in [6, 6.07) is -1.09. The van der Waals surface area contributed by atoms with Crippen molar-refractivity contribution >= 4 is 23.8 Å². The first-order valence-corrected chi connectivity index (χ1v) is 5.80. The van der Waals surface area contributed by atoms with Gasteiger partial charge in [-0.05, 0) is 20.3 Å². The maximum atomic E-state index is 12.2. The van der Waals surface area contributed by atoms with Gasteiger partial charge in [-0.2, -0.15) is 0 Å². The highest BCUT2D eigenvalue weighted by molar-refractivity contribution is 6.18. The molecule has 1 unspecified atom stereocenters. The van der Waals surface area contributed by atoms with E-state index in [0.29, 0.717) is 6.42 Å². The van der Waals surface area contributed by atoms with Gasteiger partial charge < -0.3 is 5.32 Å². The van der Waals surface area contributed by atoms with Gasteiger partial charge in [0.1, 0.15) is 5.41 Å². The number of nitrogens with zero attached hydrogens (tertiary/aromatic N) is 1. The fourth-order valence-electron chi connectivity index (χ4n) is 2.08. The Morgan fingerprint density at radius 2 is 1.89 bits per heavy atom. The van der Waals surface area contributed by atoms with Crippen LogP contribution in [0.5, 0.6) is 0 Å². The van der Waals surface area contributed by atoms with Crippen LogP contribution in [0.4, 0.5) is 4.79 Å². The Balaban J connectivity index is 2.21. The maximum Gasteiger partial charge on any atom is 0.331 e. The Kier molecular flexibility index (Phi) is 2.84. The van der Waals surface area contributed by atoms with Crippen LogP contribution < -0.4 is 10.6 Å². The van der Waals surface area contributed by atoms with E-state index < -0.39 is 23.3 Å². The van der Waals surface area contributed by atoms with Gasteiger partial charge in [-0.3, -0.25) is 24.6 Å². The molecular formula is C11H15N3O4. The molecule has 0 saturated carbocycles. The first-order chi connectivity index (χ1) is 8.34. The van der Waals surface area contributed by atoms with Crippen molar-refractivity contribution in [2.75, 3.05) is 6.54 Å². The van der Waals surface area contributed by atoms with Crippen LogP contribution in [0, 0.1) is 5.41 Å². The van der Waals surface area contributed by atoms with E-state index in [9.17, 15) is 19.2 Å². The lowest BCUT2D eigenvalue weighted by Crippen LogP contribution is -2.66. The van der Waals surface area contributed by atoms with Crippen LogP contribution in [0.3, 0.4) is 0 Å². The lowest BCUT2D eigenvalue weighted by Gasteiger charge is -2.40. The molecule has 0 radical (unpaired) electrons. The Morgan fingerprint density at radius 3 is 2.44 bits per heavy atom. The highest BCUT2D eigenvalue weighted by Crippen LogP contribution is 2.26. The second kappa shape index (κ2) is 4.08. The van der Waals surface area contributed by atoms with Crippen molar-refractivity contribution in [2.24, 2.45) is 5.41 Å². The second-order valence-electron chi connectivity index (χ2n) is 5.06. The van der Waals surface area contributed by atoms with Crippen LogP contribution in [0.15, 0.2) is 0 Å². The first-order valence-electron chi connectivity index (χ1n) is 5.80. The number of barbiturate groups is 1. The number of carbonyl (C=O) groups is 4. The molecular weight excluding hydrogens is 238 g/mol. The number of hydrogen-bond acceptors (Lipinski definition) is 4. The Labute approximate surface area is 104 Å². The zero-order valence-corrected chi connectivity index (χ0v) is 10.3. The summed E-state index contributed by atoms with van der Waals surface area (Å²) in [7, 11) is 0. The standard InChI is InChI=1S/C11H15N3O4/c1-11(2)8(16)13-10(18)14(9(11)17)6-3-4-7(15)12-5-6/h6H,3-5H2,1-2H3,(H,12,15)(H,13,16,18). The number of hydrogen-bond donors (Lipinski definition) is 2. The van der Waals surface area contributed by atoms with Crippen LogP contribution in [0.1, 0.15) is 26.7 Å². The minimum atomic E-state index is -1.25. The molecule has 0 aliphatic carbocycles. The minimum Gasteiger partial charge on any atom is -0.354 e. The van der Waals surface area contributed by atoms with E-state index in [1.54, 1.807) is 0 Å². The normalized spacial score (nSPS) is 27.9. The van der Waals surface area contributed by atoms with Gasteiger partial charge in [0.05, 0.1) is 6.04 Å². The lowest BCUT2D eigenvalue weighted by molar-refractivity contribution is -0.151. The molecule has 1 atom stereocenters. The smallest absolute Gasteiger partial charge is 0.331 e. The highest BCUT2D eigenvalue weighted by atomic mass is 16.2. The van der Waals surface area contributed by atoms with Crippen LogP contribution in [-0.4, -0.2) is 41.2 Å². The number of carbonyl (C=O) groups excluding carboxylic acids is 4. The third-order valence-corrected chi connectivity index (χ3v) is 3.37. The summed E-state index contributed by atoms with van der Waals surface area (Å²) >= 11 is 0. The third kappa shape index (κ3) is 1.85. The van der Waals surface area contributed by atoms with E-state index in [2.05, 4.69) is 10.6 Å². The Hall–Kier alpha value is -1.92. The molecule has 2 aliphatic heterocycles. The molecule has 18 heavy (non-hydrogen) atoms. The van der Waals surface area contributed by atoms with Crippen molar-refractivity contribution in [1.29, 1.82) is 0 Å². The molecule has 5 amide bonds. The highest BCUT2D eigenvalue weighted by Gasteiger charge is 2.49. The molecule has 0 aromatic heterocycles. The number of urea groups is 1. The summed E-state index contributed by atoms with van der Waals surface area (Å²) in [5.74, 6) is -1.20. The van der Waals surface area contributed by atoms with Gasteiger partial charge in [0.2, 0.25) is 17.7 Å². The molecule has 2 heterocycles. The lowest BCUT2D eigenvalue weighted by atomic mass is 9.87. The molecule has 0 spiro atoms. The van der Waals surface area contributed by atoms with Crippen molar-refractivity contribution in [2.45, 2.75) is 32.7 Å². The van der Waals surface area contributed by atoms with Gasteiger partial charge in [-0.15, -0.1) is 0 Å². The quantitative estimate of drug-likeness (QED) is 0.608. The topological polar surface area (TPSA) is 95.6 Å². The number of nitrogens with one attached hydrogen (secondary N) is 2. The zero-order chi connectivity index (χ0) is 13.5. The van der Waals surface area contributed by atoms with E-state index in [4.69, 9.17) is 0 Å². The summed E-state index contributed by atoms with van der Waals surface area (Å²) in [5, 5.41) is 4.78. The fraction of sp³-hybridized carbons (Fsp3) is 0.636. The molecule has 7 nitrogen and oxygen atoms in total. The Bertz CT molecular complexity index is 434. The van der Waals surface area contributed by atoms with Gasteiger partial charge in [-0.1, -0.05) is 0 Å². The molecule has 2 rings (SSSR count). The molecule has 98 valence electrons. The van der Waals surface area contributed by atoms with Gasteiger partial charge in [-0.25, -0.2) is 4.79 Å². The summed E-state index contributed by atoms with van der Waals surface area (Å²) in [6.45, 7) is 3.19. The number of rotatable bonds is 1. The van der Waals surface area contributed by atoms with Crippen molar-refractivity contribution in [3.05, 3.63) is 0 Å².